The molecule has 2 rings (SSSR count). The van der Waals surface area contributed by atoms with Crippen LogP contribution >= 0.6 is 0 Å². The number of nitrogens with one attached hydrogen (secondary N) is 1. The van der Waals surface area contributed by atoms with E-state index in [2.05, 4.69) is 5.32 Å². The molecule has 4 nitrogen and oxygen atoms in total. The van der Waals surface area contributed by atoms with Crippen LogP contribution in [0.2, 0.25) is 0 Å². The van der Waals surface area contributed by atoms with E-state index < -0.39 is 0 Å². The second-order valence-electron chi connectivity index (χ2n) is 4.85. The Morgan fingerprint density at radius 3 is 2.71 bits per heavy atom. The van der Waals surface area contributed by atoms with Gasteiger partial charge >= 0.3 is 0 Å². The Balaban J connectivity index is 1.71. The lowest BCUT2D eigenvalue weighted by molar-refractivity contribution is 0.313. The zero-order valence-electron chi connectivity index (χ0n) is 12.4. The van der Waals surface area contributed by atoms with Crippen molar-refractivity contribution in [2.24, 2.45) is 0 Å². The average Bonchev–Trinajstić information content (AvgIpc) is 2.47. The lowest BCUT2D eigenvalue weighted by Gasteiger charge is -2.09. The normalized spacial score (nSPS) is 10.4. The minimum atomic E-state index is 0.160. The maximum atomic E-state index is 9.69. The molecule has 0 aliphatic rings. The third-order valence-corrected chi connectivity index (χ3v) is 3.11. The number of methoxy groups -OCH3 is 1. The molecule has 0 bridgehead atoms. The Labute approximate surface area is 125 Å². The second kappa shape index (κ2) is 7.55. The van der Waals surface area contributed by atoms with Crippen molar-refractivity contribution in [1.29, 1.82) is 0 Å². The third kappa shape index (κ3) is 4.68. The lowest BCUT2D eigenvalue weighted by Crippen LogP contribution is -2.20. The highest BCUT2D eigenvalue weighted by Crippen LogP contribution is 2.25. The van der Waals surface area contributed by atoms with Crippen LogP contribution in [-0.4, -0.2) is 25.4 Å². The minimum absolute atomic E-state index is 0.160. The Hall–Kier alpha value is -2.20. The van der Waals surface area contributed by atoms with Gasteiger partial charge < -0.3 is 19.9 Å². The fourth-order valence-corrected chi connectivity index (χ4v) is 2.02. The van der Waals surface area contributed by atoms with Crippen molar-refractivity contribution in [2.45, 2.75) is 13.5 Å². The fourth-order valence-electron chi connectivity index (χ4n) is 2.02. The molecule has 0 radical (unpaired) electrons. The van der Waals surface area contributed by atoms with Crippen molar-refractivity contribution in [3.63, 3.8) is 0 Å². The van der Waals surface area contributed by atoms with Crippen LogP contribution in [0.3, 0.4) is 0 Å². The zero-order valence-corrected chi connectivity index (χ0v) is 12.4. The van der Waals surface area contributed by atoms with E-state index in [0.717, 1.165) is 17.9 Å². The molecule has 0 unspecified atom stereocenters. The Morgan fingerprint density at radius 1 is 1.14 bits per heavy atom. The molecule has 0 fully saturated rings. The van der Waals surface area contributed by atoms with Crippen molar-refractivity contribution in [3.05, 3.63) is 53.6 Å². The molecule has 0 aromatic heterocycles. The number of hydrogen-bond donors (Lipinski definition) is 2. The number of ether oxygens (including phenoxy) is 2. The largest absolute Gasteiger partial charge is 0.504 e. The SMILES string of the molecule is COc1ccc(CNCCOc2cccc(C)c2)cc1O. The van der Waals surface area contributed by atoms with Gasteiger partial charge in [0.1, 0.15) is 12.4 Å². The predicted octanol–water partition coefficient (Wildman–Crippen LogP) is 2.88. The smallest absolute Gasteiger partial charge is 0.160 e. The molecule has 0 aliphatic heterocycles. The molecule has 4 heteroatoms. The summed E-state index contributed by atoms with van der Waals surface area (Å²) in [5.74, 6) is 1.54. The van der Waals surface area contributed by atoms with Crippen LogP contribution in [0.4, 0.5) is 0 Å². The van der Waals surface area contributed by atoms with E-state index in [0.29, 0.717) is 18.9 Å². The molecule has 21 heavy (non-hydrogen) atoms. The molecule has 0 heterocycles. The standard InChI is InChI=1S/C17H21NO3/c1-13-4-3-5-15(10-13)21-9-8-18-12-14-6-7-17(20-2)16(19)11-14/h3-7,10-11,18-19H,8-9,12H2,1-2H3. The van der Waals surface area contributed by atoms with Gasteiger partial charge in [-0.05, 0) is 42.3 Å². The van der Waals surface area contributed by atoms with Crippen LogP contribution < -0.4 is 14.8 Å². The maximum absolute atomic E-state index is 9.69. The highest BCUT2D eigenvalue weighted by atomic mass is 16.5. The van der Waals surface area contributed by atoms with Gasteiger partial charge in [0.2, 0.25) is 0 Å². The zero-order chi connectivity index (χ0) is 15.1. The molecule has 2 aromatic rings. The van der Waals surface area contributed by atoms with Gasteiger partial charge in [-0.15, -0.1) is 0 Å². The molecule has 0 spiro atoms. The molecule has 0 saturated heterocycles. The molecule has 2 N–H and O–H groups in total. The van der Waals surface area contributed by atoms with Gasteiger partial charge in [0.05, 0.1) is 7.11 Å². The van der Waals surface area contributed by atoms with Crippen LogP contribution in [0.1, 0.15) is 11.1 Å². The summed E-state index contributed by atoms with van der Waals surface area (Å²) in [7, 11) is 1.54. The summed E-state index contributed by atoms with van der Waals surface area (Å²) >= 11 is 0. The molecular formula is C17H21NO3. The van der Waals surface area contributed by atoms with E-state index in [1.165, 1.54) is 12.7 Å². The molecule has 0 saturated carbocycles. The van der Waals surface area contributed by atoms with Crippen LogP contribution in [0.25, 0.3) is 0 Å². The molecule has 0 atom stereocenters. The van der Waals surface area contributed by atoms with E-state index in [1.54, 1.807) is 12.1 Å². The first-order valence-electron chi connectivity index (χ1n) is 6.95. The third-order valence-electron chi connectivity index (χ3n) is 3.11. The highest BCUT2D eigenvalue weighted by Gasteiger charge is 2.02. The van der Waals surface area contributed by atoms with Crippen molar-refractivity contribution in [2.75, 3.05) is 20.3 Å². The first-order chi connectivity index (χ1) is 10.2. The summed E-state index contributed by atoms with van der Waals surface area (Å²) in [6.45, 7) is 4.06. The van der Waals surface area contributed by atoms with Crippen molar-refractivity contribution < 1.29 is 14.6 Å². The van der Waals surface area contributed by atoms with Crippen LogP contribution in [-0.2, 0) is 6.54 Å². The number of hydrogen-bond acceptors (Lipinski definition) is 4. The van der Waals surface area contributed by atoms with Crippen LogP contribution in [0.5, 0.6) is 17.2 Å². The molecular weight excluding hydrogens is 266 g/mol. The van der Waals surface area contributed by atoms with Gasteiger partial charge in [0.15, 0.2) is 11.5 Å². The minimum Gasteiger partial charge on any atom is -0.504 e. The van der Waals surface area contributed by atoms with Gasteiger partial charge in [-0.1, -0.05) is 18.2 Å². The number of phenols is 1. The Bertz CT molecular complexity index is 584. The topological polar surface area (TPSA) is 50.7 Å². The molecule has 2 aromatic carbocycles. The fraction of sp³-hybridized carbons (Fsp3) is 0.294. The summed E-state index contributed by atoms with van der Waals surface area (Å²) in [4.78, 5) is 0. The molecule has 0 amide bonds. The summed E-state index contributed by atoms with van der Waals surface area (Å²) in [5.41, 5.74) is 2.19. The van der Waals surface area contributed by atoms with E-state index in [4.69, 9.17) is 9.47 Å². The van der Waals surface area contributed by atoms with Gasteiger partial charge in [0.25, 0.3) is 0 Å². The monoisotopic (exact) mass is 287 g/mol. The number of benzene rings is 2. The summed E-state index contributed by atoms with van der Waals surface area (Å²) in [6, 6.07) is 13.4. The number of aromatic hydroxyl groups is 1. The predicted molar refractivity (Wildman–Crippen MR) is 83.0 cm³/mol. The summed E-state index contributed by atoms with van der Waals surface area (Å²) in [6.07, 6.45) is 0. The number of phenolic OH excluding ortho intramolecular Hbond substituents is 1. The van der Waals surface area contributed by atoms with Crippen molar-refractivity contribution in [3.8, 4) is 17.2 Å². The van der Waals surface area contributed by atoms with Gasteiger partial charge in [0, 0.05) is 13.1 Å². The number of rotatable bonds is 7. The van der Waals surface area contributed by atoms with Gasteiger partial charge in [-0.25, -0.2) is 0 Å². The van der Waals surface area contributed by atoms with Gasteiger partial charge in [-0.2, -0.15) is 0 Å². The summed E-state index contributed by atoms with van der Waals surface area (Å²) in [5, 5.41) is 13.0. The van der Waals surface area contributed by atoms with Gasteiger partial charge in [-0.3, -0.25) is 0 Å². The van der Waals surface area contributed by atoms with E-state index >= 15 is 0 Å². The molecule has 0 aliphatic carbocycles. The van der Waals surface area contributed by atoms with Crippen molar-refractivity contribution in [1.82, 2.24) is 5.32 Å². The first kappa shape index (κ1) is 15.2. The second-order valence-corrected chi connectivity index (χ2v) is 4.85. The van der Waals surface area contributed by atoms with E-state index in [-0.39, 0.29) is 5.75 Å². The lowest BCUT2D eigenvalue weighted by atomic mass is 10.2. The molecule has 112 valence electrons. The quantitative estimate of drug-likeness (QED) is 0.769. The Kier molecular flexibility index (Phi) is 5.46. The van der Waals surface area contributed by atoms with Crippen molar-refractivity contribution >= 4 is 0 Å². The summed E-state index contributed by atoms with van der Waals surface area (Å²) < 4.78 is 10.7. The average molecular weight is 287 g/mol. The first-order valence-corrected chi connectivity index (χ1v) is 6.95. The number of aryl methyl sites for hydroxylation is 1. The van der Waals surface area contributed by atoms with Crippen LogP contribution in [0.15, 0.2) is 42.5 Å². The maximum Gasteiger partial charge on any atom is 0.160 e. The highest BCUT2D eigenvalue weighted by molar-refractivity contribution is 5.41. The van der Waals surface area contributed by atoms with Crippen LogP contribution in [0, 0.1) is 6.92 Å². The Morgan fingerprint density at radius 2 is 2.00 bits per heavy atom. The van der Waals surface area contributed by atoms with E-state index in [1.807, 2.05) is 37.3 Å². The van der Waals surface area contributed by atoms with E-state index in [9.17, 15) is 5.11 Å².